The van der Waals surface area contributed by atoms with Gasteiger partial charge in [0.25, 0.3) is 0 Å². The van der Waals surface area contributed by atoms with E-state index in [0.717, 1.165) is 25.8 Å². The van der Waals surface area contributed by atoms with Crippen LogP contribution in [0.25, 0.3) is 0 Å². The van der Waals surface area contributed by atoms with E-state index in [-0.39, 0.29) is 12.0 Å². The van der Waals surface area contributed by atoms with Crippen molar-refractivity contribution in [1.82, 2.24) is 4.90 Å². The minimum Gasteiger partial charge on any atom is -0.481 e. The summed E-state index contributed by atoms with van der Waals surface area (Å²) >= 11 is 1.86. The quantitative estimate of drug-likeness (QED) is 0.834. The van der Waals surface area contributed by atoms with E-state index in [1.54, 1.807) is 0 Å². The van der Waals surface area contributed by atoms with Gasteiger partial charge in [-0.25, -0.2) is 0 Å². The summed E-state index contributed by atoms with van der Waals surface area (Å²) < 4.78 is 0. The number of piperidine rings is 1. The zero-order valence-electron chi connectivity index (χ0n) is 15.3. The number of hydrogen-bond donors (Lipinski definition) is 1. The molecule has 0 amide bonds. The molecule has 2 unspecified atom stereocenters. The topological polar surface area (TPSA) is 40.5 Å². The molecule has 1 N–H and O–H groups in total. The molecule has 4 heteroatoms. The lowest BCUT2D eigenvalue weighted by atomic mass is 9.93. The molecule has 1 saturated heterocycles. The number of benzene rings is 1. The molecular weight excluding hydrogens is 330 g/mol. The van der Waals surface area contributed by atoms with Crippen molar-refractivity contribution in [2.75, 3.05) is 13.1 Å². The van der Waals surface area contributed by atoms with Crippen LogP contribution in [0.5, 0.6) is 0 Å². The molecule has 0 radical (unpaired) electrons. The summed E-state index contributed by atoms with van der Waals surface area (Å²) in [7, 11) is 0. The summed E-state index contributed by atoms with van der Waals surface area (Å²) in [5.41, 5.74) is 3.81. The van der Waals surface area contributed by atoms with Gasteiger partial charge in [-0.2, -0.15) is 0 Å². The molecule has 2 heterocycles. The zero-order chi connectivity index (χ0) is 18.0. The van der Waals surface area contributed by atoms with E-state index in [1.807, 2.05) is 11.3 Å². The van der Waals surface area contributed by atoms with Gasteiger partial charge in [0.15, 0.2) is 0 Å². The molecule has 25 heavy (non-hydrogen) atoms. The second-order valence-electron chi connectivity index (χ2n) is 7.15. The van der Waals surface area contributed by atoms with Gasteiger partial charge in [-0.15, -0.1) is 11.3 Å². The Morgan fingerprint density at radius 1 is 1.28 bits per heavy atom. The average molecular weight is 358 g/mol. The minimum absolute atomic E-state index is 0.158. The molecule has 1 aliphatic heterocycles. The maximum absolute atomic E-state index is 11.5. The third kappa shape index (κ3) is 4.13. The Kier molecular flexibility index (Phi) is 5.60. The number of hydrogen-bond acceptors (Lipinski definition) is 3. The number of aryl methyl sites for hydroxylation is 3. The summed E-state index contributed by atoms with van der Waals surface area (Å²) in [5, 5.41) is 9.49. The van der Waals surface area contributed by atoms with Crippen molar-refractivity contribution in [2.24, 2.45) is 5.92 Å². The Hall–Kier alpha value is -1.65. The predicted molar refractivity (Wildman–Crippen MR) is 103 cm³/mol. The molecule has 1 fully saturated rings. The Balaban J connectivity index is 2.00. The molecule has 3 rings (SSSR count). The Morgan fingerprint density at radius 3 is 2.60 bits per heavy atom. The molecule has 0 saturated carbocycles. The smallest absolute Gasteiger partial charge is 0.307 e. The number of aliphatic carboxylic acids is 1. The summed E-state index contributed by atoms with van der Waals surface area (Å²) in [6.45, 7) is 8.04. The molecule has 1 aromatic carbocycles. The third-order valence-electron chi connectivity index (χ3n) is 5.03. The maximum Gasteiger partial charge on any atom is 0.307 e. The molecular formula is C21H27NO2S. The summed E-state index contributed by atoms with van der Waals surface area (Å²) in [4.78, 5) is 16.6. The fourth-order valence-corrected chi connectivity index (χ4v) is 5.01. The van der Waals surface area contributed by atoms with Crippen LogP contribution < -0.4 is 0 Å². The highest BCUT2D eigenvalue weighted by Crippen LogP contribution is 2.37. The van der Waals surface area contributed by atoms with Crippen molar-refractivity contribution in [1.29, 1.82) is 0 Å². The number of likely N-dealkylation sites (tertiary alicyclic amines) is 1. The predicted octanol–water partition coefficient (Wildman–Crippen LogP) is 4.81. The van der Waals surface area contributed by atoms with Gasteiger partial charge in [-0.05, 0) is 57.4 Å². The van der Waals surface area contributed by atoms with Gasteiger partial charge in [0.2, 0.25) is 0 Å². The SMILES string of the molecule is CCc1ccc(C(c2cc(C)cc(C)c2)N2CCCC(C(=O)O)C2)s1. The van der Waals surface area contributed by atoms with Crippen LogP contribution >= 0.6 is 11.3 Å². The highest BCUT2D eigenvalue weighted by Gasteiger charge is 2.32. The van der Waals surface area contributed by atoms with Gasteiger partial charge < -0.3 is 5.11 Å². The highest BCUT2D eigenvalue weighted by molar-refractivity contribution is 7.12. The van der Waals surface area contributed by atoms with Gasteiger partial charge in [0, 0.05) is 16.3 Å². The van der Waals surface area contributed by atoms with Crippen molar-refractivity contribution < 1.29 is 9.90 Å². The standard InChI is InChI=1S/C21H27NO2S/c1-4-18-7-8-19(25-18)20(17-11-14(2)10-15(3)12-17)22-9-5-6-16(13-22)21(23)24/h7-8,10-12,16,20H,4-6,9,13H2,1-3H3,(H,23,24). The third-order valence-corrected chi connectivity index (χ3v) is 6.31. The fraction of sp³-hybridized carbons (Fsp3) is 0.476. The first-order valence-corrected chi connectivity index (χ1v) is 9.93. The van der Waals surface area contributed by atoms with Gasteiger partial charge in [-0.3, -0.25) is 9.69 Å². The van der Waals surface area contributed by atoms with E-state index in [1.165, 1.54) is 26.4 Å². The number of thiophene rings is 1. The van der Waals surface area contributed by atoms with E-state index >= 15 is 0 Å². The molecule has 2 atom stereocenters. The van der Waals surface area contributed by atoms with Gasteiger partial charge in [-0.1, -0.05) is 36.2 Å². The van der Waals surface area contributed by atoms with Crippen molar-refractivity contribution in [3.05, 3.63) is 56.8 Å². The van der Waals surface area contributed by atoms with Gasteiger partial charge in [0.05, 0.1) is 12.0 Å². The van der Waals surface area contributed by atoms with Crippen molar-refractivity contribution in [3.63, 3.8) is 0 Å². The van der Waals surface area contributed by atoms with Crippen molar-refractivity contribution in [2.45, 2.75) is 46.1 Å². The van der Waals surface area contributed by atoms with E-state index in [2.05, 4.69) is 56.0 Å². The van der Waals surface area contributed by atoms with Crippen LogP contribution in [0.2, 0.25) is 0 Å². The highest BCUT2D eigenvalue weighted by atomic mass is 32.1. The first-order valence-electron chi connectivity index (χ1n) is 9.11. The first kappa shape index (κ1) is 18.2. The molecule has 1 aliphatic rings. The van der Waals surface area contributed by atoms with E-state index in [4.69, 9.17) is 0 Å². The lowest BCUT2D eigenvalue weighted by molar-refractivity contribution is -0.143. The fourth-order valence-electron chi connectivity index (χ4n) is 3.90. The number of nitrogens with zero attached hydrogens (tertiary/aromatic N) is 1. The summed E-state index contributed by atoms with van der Waals surface area (Å²) in [6.07, 6.45) is 2.78. The van der Waals surface area contributed by atoms with E-state index in [0.29, 0.717) is 6.54 Å². The van der Waals surface area contributed by atoms with Crippen molar-refractivity contribution in [3.8, 4) is 0 Å². The molecule has 1 aromatic heterocycles. The van der Waals surface area contributed by atoms with Crippen LogP contribution in [0, 0.1) is 19.8 Å². The molecule has 2 aromatic rings. The Bertz CT molecular complexity index is 732. The maximum atomic E-state index is 11.5. The first-order chi connectivity index (χ1) is 12.0. The normalized spacial score (nSPS) is 19.7. The van der Waals surface area contributed by atoms with Crippen LogP contribution in [0.1, 0.15) is 52.3 Å². The van der Waals surface area contributed by atoms with Gasteiger partial charge >= 0.3 is 5.97 Å². The molecule has 134 valence electrons. The molecule has 0 spiro atoms. The Morgan fingerprint density at radius 2 is 2.00 bits per heavy atom. The Labute approximate surface area is 154 Å². The second-order valence-corrected chi connectivity index (χ2v) is 8.35. The number of carboxylic acid groups (broad SMARTS) is 1. The van der Waals surface area contributed by atoms with Crippen LogP contribution in [0.15, 0.2) is 30.3 Å². The van der Waals surface area contributed by atoms with Crippen LogP contribution in [-0.4, -0.2) is 29.1 Å². The lowest BCUT2D eigenvalue weighted by Crippen LogP contribution is -2.41. The number of carboxylic acids is 1. The minimum atomic E-state index is -0.663. The summed E-state index contributed by atoms with van der Waals surface area (Å²) in [5.74, 6) is -0.919. The van der Waals surface area contributed by atoms with Gasteiger partial charge in [0.1, 0.15) is 0 Å². The zero-order valence-corrected chi connectivity index (χ0v) is 16.1. The number of carbonyl (C=O) groups is 1. The molecule has 3 nitrogen and oxygen atoms in total. The van der Waals surface area contributed by atoms with E-state index in [9.17, 15) is 9.90 Å². The van der Waals surface area contributed by atoms with Crippen LogP contribution in [-0.2, 0) is 11.2 Å². The van der Waals surface area contributed by atoms with Crippen LogP contribution in [0.3, 0.4) is 0 Å². The monoisotopic (exact) mass is 357 g/mol. The number of rotatable bonds is 5. The largest absolute Gasteiger partial charge is 0.481 e. The second kappa shape index (κ2) is 7.71. The van der Waals surface area contributed by atoms with E-state index < -0.39 is 5.97 Å². The molecule has 0 bridgehead atoms. The lowest BCUT2D eigenvalue weighted by Gasteiger charge is -2.37. The summed E-state index contributed by atoms with van der Waals surface area (Å²) in [6, 6.07) is 11.3. The average Bonchev–Trinajstić information content (AvgIpc) is 3.03. The van der Waals surface area contributed by atoms with Crippen LogP contribution in [0.4, 0.5) is 0 Å². The molecule has 0 aliphatic carbocycles. The van der Waals surface area contributed by atoms with Crippen molar-refractivity contribution >= 4 is 17.3 Å².